The van der Waals surface area contributed by atoms with E-state index in [4.69, 9.17) is 5.73 Å². The number of nitrogens with two attached hydrogens (primary N) is 1. The molecule has 0 aromatic heterocycles. The van der Waals surface area contributed by atoms with Crippen LogP contribution in [0.15, 0.2) is 24.3 Å². The van der Waals surface area contributed by atoms with Gasteiger partial charge in [0.05, 0.1) is 12.9 Å². The summed E-state index contributed by atoms with van der Waals surface area (Å²) in [5.41, 5.74) is 7.49. The van der Waals surface area contributed by atoms with Crippen molar-refractivity contribution in [2.24, 2.45) is 0 Å². The van der Waals surface area contributed by atoms with Gasteiger partial charge in [-0.25, -0.2) is 0 Å². The van der Waals surface area contributed by atoms with Crippen LogP contribution in [0.3, 0.4) is 0 Å². The molecule has 3 nitrogen and oxygen atoms in total. The highest BCUT2D eigenvalue weighted by molar-refractivity contribution is 7.99. The number of rotatable bonds is 4. The Labute approximate surface area is 87.6 Å². The minimum absolute atomic E-state index is 0.195. The standard InChI is InChI=1S/C10H13NO2S/c1-13-10(12)7-14-6-8-3-2-4-9(11)5-8/h2-5H,6-7,11H2,1H3. The first kappa shape index (κ1) is 10.9. The SMILES string of the molecule is COC(=O)CSCc1cccc(N)c1. The van der Waals surface area contributed by atoms with Crippen LogP contribution in [-0.2, 0) is 15.3 Å². The number of thioether (sulfide) groups is 1. The van der Waals surface area contributed by atoms with Crippen LogP contribution in [0.5, 0.6) is 0 Å². The third kappa shape index (κ3) is 3.70. The van der Waals surface area contributed by atoms with Crippen molar-refractivity contribution in [1.82, 2.24) is 0 Å². The van der Waals surface area contributed by atoms with E-state index in [0.29, 0.717) is 5.75 Å². The third-order valence-corrected chi connectivity index (χ3v) is 2.64. The van der Waals surface area contributed by atoms with Gasteiger partial charge in [0.1, 0.15) is 0 Å². The van der Waals surface area contributed by atoms with Gasteiger partial charge >= 0.3 is 5.97 Å². The number of benzene rings is 1. The molecule has 0 atom stereocenters. The second kappa shape index (κ2) is 5.54. The van der Waals surface area contributed by atoms with Crippen molar-refractivity contribution in [3.05, 3.63) is 29.8 Å². The highest BCUT2D eigenvalue weighted by Crippen LogP contribution is 2.14. The zero-order valence-electron chi connectivity index (χ0n) is 8.03. The molecule has 76 valence electrons. The van der Waals surface area contributed by atoms with Crippen LogP contribution in [0.2, 0.25) is 0 Å². The normalized spacial score (nSPS) is 9.79. The molecule has 0 spiro atoms. The average molecular weight is 211 g/mol. The average Bonchev–Trinajstić information content (AvgIpc) is 2.17. The van der Waals surface area contributed by atoms with Gasteiger partial charge in [-0.2, -0.15) is 0 Å². The van der Waals surface area contributed by atoms with Gasteiger partial charge in [-0.05, 0) is 17.7 Å². The Morgan fingerprint density at radius 1 is 1.57 bits per heavy atom. The molecule has 0 aliphatic carbocycles. The lowest BCUT2D eigenvalue weighted by Gasteiger charge is -2.01. The van der Waals surface area contributed by atoms with Gasteiger partial charge in [-0.1, -0.05) is 12.1 Å². The molecule has 0 unspecified atom stereocenters. The predicted molar refractivity (Wildman–Crippen MR) is 59.0 cm³/mol. The molecule has 1 aromatic carbocycles. The van der Waals surface area contributed by atoms with Crippen molar-refractivity contribution in [2.45, 2.75) is 5.75 Å². The lowest BCUT2D eigenvalue weighted by molar-refractivity contribution is -0.137. The molecule has 0 heterocycles. The first-order valence-corrected chi connectivity index (χ1v) is 5.37. The zero-order chi connectivity index (χ0) is 10.4. The summed E-state index contributed by atoms with van der Waals surface area (Å²) < 4.78 is 4.53. The summed E-state index contributed by atoms with van der Waals surface area (Å²) in [6.07, 6.45) is 0. The van der Waals surface area contributed by atoms with E-state index in [9.17, 15) is 4.79 Å². The van der Waals surface area contributed by atoms with E-state index < -0.39 is 0 Å². The van der Waals surface area contributed by atoms with Crippen molar-refractivity contribution in [3.8, 4) is 0 Å². The topological polar surface area (TPSA) is 52.3 Å². The molecule has 1 aromatic rings. The van der Waals surface area contributed by atoms with Crippen molar-refractivity contribution < 1.29 is 9.53 Å². The summed E-state index contributed by atoms with van der Waals surface area (Å²) in [7, 11) is 1.39. The maximum atomic E-state index is 10.8. The Bertz CT molecular complexity index is 315. The van der Waals surface area contributed by atoms with Crippen molar-refractivity contribution >= 4 is 23.4 Å². The Balaban J connectivity index is 2.35. The summed E-state index contributed by atoms with van der Waals surface area (Å²) in [4.78, 5) is 10.8. The molecule has 0 aliphatic rings. The lowest BCUT2D eigenvalue weighted by atomic mass is 10.2. The number of carbonyl (C=O) groups is 1. The molecular formula is C10H13NO2S. The van der Waals surface area contributed by atoms with Gasteiger partial charge in [0, 0.05) is 11.4 Å². The maximum Gasteiger partial charge on any atom is 0.315 e. The van der Waals surface area contributed by atoms with Crippen LogP contribution in [0.1, 0.15) is 5.56 Å². The van der Waals surface area contributed by atoms with Crippen molar-refractivity contribution in [2.75, 3.05) is 18.6 Å². The van der Waals surface area contributed by atoms with Crippen LogP contribution in [0.4, 0.5) is 5.69 Å². The summed E-state index contributed by atoms with van der Waals surface area (Å²) in [5, 5.41) is 0. The lowest BCUT2D eigenvalue weighted by Crippen LogP contribution is -2.03. The third-order valence-electron chi connectivity index (χ3n) is 1.67. The zero-order valence-corrected chi connectivity index (χ0v) is 8.84. The molecule has 0 aliphatic heterocycles. The fraction of sp³-hybridized carbons (Fsp3) is 0.300. The Morgan fingerprint density at radius 2 is 2.36 bits per heavy atom. The van der Waals surface area contributed by atoms with E-state index >= 15 is 0 Å². The van der Waals surface area contributed by atoms with E-state index in [2.05, 4.69) is 4.74 Å². The Hall–Kier alpha value is -1.16. The van der Waals surface area contributed by atoms with Gasteiger partial charge in [-0.3, -0.25) is 4.79 Å². The minimum atomic E-state index is -0.195. The van der Waals surface area contributed by atoms with Crippen LogP contribution < -0.4 is 5.73 Å². The molecule has 0 fully saturated rings. The molecule has 0 radical (unpaired) electrons. The van der Waals surface area contributed by atoms with Gasteiger partial charge < -0.3 is 10.5 Å². The molecule has 14 heavy (non-hydrogen) atoms. The van der Waals surface area contributed by atoms with Crippen molar-refractivity contribution in [1.29, 1.82) is 0 Å². The number of hydrogen-bond acceptors (Lipinski definition) is 4. The van der Waals surface area contributed by atoms with E-state index in [1.165, 1.54) is 18.9 Å². The predicted octanol–water partition coefficient (Wildman–Crippen LogP) is 1.67. The highest BCUT2D eigenvalue weighted by Gasteiger charge is 2.00. The fourth-order valence-corrected chi connectivity index (χ4v) is 1.80. The smallest absolute Gasteiger partial charge is 0.315 e. The summed E-state index contributed by atoms with van der Waals surface area (Å²) in [6.45, 7) is 0. The van der Waals surface area contributed by atoms with Gasteiger partial charge in [0.2, 0.25) is 0 Å². The molecule has 4 heteroatoms. The first-order chi connectivity index (χ1) is 6.72. The molecule has 0 saturated carbocycles. The number of anilines is 1. The number of methoxy groups -OCH3 is 1. The second-order valence-electron chi connectivity index (χ2n) is 2.81. The number of carbonyl (C=O) groups excluding carboxylic acids is 1. The molecule has 0 saturated heterocycles. The van der Waals surface area contributed by atoms with Gasteiger partial charge in [0.25, 0.3) is 0 Å². The largest absolute Gasteiger partial charge is 0.468 e. The fourth-order valence-electron chi connectivity index (χ4n) is 0.994. The Morgan fingerprint density at radius 3 is 3.00 bits per heavy atom. The molecule has 0 amide bonds. The minimum Gasteiger partial charge on any atom is -0.468 e. The first-order valence-electron chi connectivity index (χ1n) is 4.21. The summed E-state index contributed by atoms with van der Waals surface area (Å²) in [6, 6.07) is 7.64. The molecule has 0 bridgehead atoms. The van der Waals surface area contributed by atoms with Crippen LogP contribution in [0.25, 0.3) is 0 Å². The van der Waals surface area contributed by atoms with Crippen LogP contribution in [-0.4, -0.2) is 18.8 Å². The van der Waals surface area contributed by atoms with Crippen LogP contribution >= 0.6 is 11.8 Å². The summed E-state index contributed by atoms with van der Waals surface area (Å²) >= 11 is 1.52. The monoisotopic (exact) mass is 211 g/mol. The Kier molecular flexibility index (Phi) is 4.32. The molecular weight excluding hydrogens is 198 g/mol. The van der Waals surface area contributed by atoms with Crippen LogP contribution in [0, 0.1) is 0 Å². The number of hydrogen-bond donors (Lipinski definition) is 1. The maximum absolute atomic E-state index is 10.8. The molecule has 1 rings (SSSR count). The van der Waals surface area contributed by atoms with E-state index in [0.717, 1.165) is 17.0 Å². The number of ether oxygens (including phenoxy) is 1. The van der Waals surface area contributed by atoms with E-state index in [1.54, 1.807) is 0 Å². The summed E-state index contributed by atoms with van der Waals surface area (Å²) in [5.74, 6) is 0.963. The van der Waals surface area contributed by atoms with Gasteiger partial charge in [-0.15, -0.1) is 11.8 Å². The number of esters is 1. The van der Waals surface area contributed by atoms with E-state index in [-0.39, 0.29) is 5.97 Å². The highest BCUT2D eigenvalue weighted by atomic mass is 32.2. The molecule has 2 N–H and O–H groups in total. The van der Waals surface area contributed by atoms with Gasteiger partial charge in [0.15, 0.2) is 0 Å². The number of nitrogen functional groups attached to an aromatic ring is 1. The quantitative estimate of drug-likeness (QED) is 0.608. The van der Waals surface area contributed by atoms with E-state index in [1.807, 2.05) is 24.3 Å². The van der Waals surface area contributed by atoms with Crippen molar-refractivity contribution in [3.63, 3.8) is 0 Å². The second-order valence-corrected chi connectivity index (χ2v) is 3.80.